The standard InChI is InChI=1S/C13H9BrClN5O.C13H9Cl2N5O/c2*1-7-10(14)12-17-6-9(20(12)19-11(7)15)13(21)18-8-2-4-16-5-3-8/h2*2-6H,1H3,(H,16,18,21). The third kappa shape index (κ3) is 5.90. The van der Waals surface area contributed by atoms with Crippen molar-refractivity contribution in [1.82, 2.24) is 39.2 Å². The molecule has 2 N–H and O–H groups in total. The maximum atomic E-state index is 12.3. The molecule has 6 rings (SSSR count). The summed E-state index contributed by atoms with van der Waals surface area (Å²) in [6.45, 7) is 3.56. The summed E-state index contributed by atoms with van der Waals surface area (Å²) in [6, 6.07) is 6.75. The second-order valence-electron chi connectivity index (χ2n) is 8.60. The Morgan fingerprint density at radius 1 is 0.714 bits per heavy atom. The molecule has 0 atom stereocenters. The second kappa shape index (κ2) is 12.4. The number of nitrogens with one attached hydrogen (secondary N) is 2. The number of pyridine rings is 2. The van der Waals surface area contributed by atoms with E-state index in [0.717, 1.165) is 5.56 Å². The van der Waals surface area contributed by atoms with Gasteiger partial charge in [0.1, 0.15) is 0 Å². The quantitative estimate of drug-likeness (QED) is 0.226. The third-order valence-corrected chi connectivity index (χ3v) is 7.98. The van der Waals surface area contributed by atoms with Crippen LogP contribution in [0, 0.1) is 13.8 Å². The van der Waals surface area contributed by atoms with E-state index in [1.165, 1.54) is 21.4 Å². The van der Waals surface area contributed by atoms with Crippen LogP contribution in [0.15, 0.2) is 65.9 Å². The highest BCUT2D eigenvalue weighted by Crippen LogP contribution is 2.27. The second-order valence-corrected chi connectivity index (χ2v) is 10.5. The number of amides is 2. The number of hydrogen-bond acceptors (Lipinski definition) is 8. The van der Waals surface area contributed by atoms with Crippen molar-refractivity contribution >= 4 is 85.2 Å². The summed E-state index contributed by atoms with van der Waals surface area (Å²) in [6.07, 6.45) is 9.22. The third-order valence-electron chi connectivity index (χ3n) is 5.86. The van der Waals surface area contributed by atoms with Crippen LogP contribution in [0.2, 0.25) is 15.3 Å². The van der Waals surface area contributed by atoms with Crippen LogP contribution in [0.1, 0.15) is 32.1 Å². The Balaban J connectivity index is 0.000000168. The predicted octanol–water partition coefficient (Wildman–Crippen LogP) is 6.09. The summed E-state index contributed by atoms with van der Waals surface area (Å²) < 4.78 is 3.45. The summed E-state index contributed by atoms with van der Waals surface area (Å²) in [7, 11) is 0. The zero-order valence-electron chi connectivity index (χ0n) is 21.7. The zero-order chi connectivity index (χ0) is 30.0. The van der Waals surface area contributed by atoms with Crippen LogP contribution in [0.3, 0.4) is 0 Å². The molecular weight excluding hydrogens is 671 g/mol. The summed E-state index contributed by atoms with van der Waals surface area (Å²) in [4.78, 5) is 40.7. The molecule has 0 unspecified atom stereocenters. The first-order valence-corrected chi connectivity index (χ1v) is 13.9. The monoisotopic (exact) mass is 686 g/mol. The largest absolute Gasteiger partial charge is 0.320 e. The molecule has 2 amide bonds. The lowest BCUT2D eigenvalue weighted by Crippen LogP contribution is -2.15. The Labute approximate surface area is 261 Å². The molecule has 16 heteroatoms. The maximum Gasteiger partial charge on any atom is 0.276 e. The van der Waals surface area contributed by atoms with Crippen molar-refractivity contribution in [3.8, 4) is 0 Å². The summed E-state index contributed by atoms with van der Waals surface area (Å²) >= 11 is 21.6. The van der Waals surface area contributed by atoms with Crippen molar-refractivity contribution in [3.05, 3.63) is 104 Å². The Morgan fingerprint density at radius 2 is 1.14 bits per heavy atom. The van der Waals surface area contributed by atoms with E-state index in [0.29, 0.717) is 48.6 Å². The number of rotatable bonds is 4. The minimum atomic E-state index is -0.364. The Kier molecular flexibility index (Phi) is 8.64. The molecule has 0 spiro atoms. The Bertz CT molecular complexity index is 1810. The molecule has 0 saturated carbocycles. The SMILES string of the molecule is Cc1c(Cl)nn2c(C(=O)Nc3ccncc3)cnc2c1Br.Cc1c(Cl)nn2c(C(=O)Nc3ccncc3)cnc2c1Cl. The number of hydrogen-bond donors (Lipinski definition) is 2. The van der Waals surface area contributed by atoms with Crippen molar-refractivity contribution in [2.45, 2.75) is 13.8 Å². The fourth-order valence-electron chi connectivity index (χ4n) is 3.61. The van der Waals surface area contributed by atoms with Crippen LogP contribution < -0.4 is 10.6 Å². The van der Waals surface area contributed by atoms with Crippen molar-refractivity contribution < 1.29 is 9.59 Å². The van der Waals surface area contributed by atoms with Gasteiger partial charge in [-0.1, -0.05) is 34.8 Å². The van der Waals surface area contributed by atoms with Gasteiger partial charge in [-0.2, -0.15) is 10.2 Å². The van der Waals surface area contributed by atoms with E-state index in [1.807, 2.05) is 6.92 Å². The van der Waals surface area contributed by atoms with Crippen molar-refractivity contribution in [2.75, 3.05) is 10.6 Å². The molecule has 0 aliphatic rings. The molecule has 6 aromatic heterocycles. The molecule has 6 aromatic rings. The minimum Gasteiger partial charge on any atom is -0.320 e. The smallest absolute Gasteiger partial charge is 0.276 e. The predicted molar refractivity (Wildman–Crippen MR) is 163 cm³/mol. The van der Waals surface area contributed by atoms with Crippen LogP contribution in [-0.2, 0) is 0 Å². The fraction of sp³-hybridized carbons (Fsp3) is 0.0769. The number of halogens is 4. The van der Waals surface area contributed by atoms with Crippen molar-refractivity contribution in [3.63, 3.8) is 0 Å². The van der Waals surface area contributed by atoms with Crippen LogP contribution in [-0.4, -0.2) is 51.0 Å². The summed E-state index contributed by atoms with van der Waals surface area (Å²) in [5.74, 6) is -0.690. The van der Waals surface area contributed by atoms with Gasteiger partial charge in [-0.3, -0.25) is 19.6 Å². The van der Waals surface area contributed by atoms with Crippen LogP contribution in [0.5, 0.6) is 0 Å². The normalized spacial score (nSPS) is 10.8. The van der Waals surface area contributed by atoms with Crippen LogP contribution in [0.4, 0.5) is 11.4 Å². The van der Waals surface area contributed by atoms with E-state index in [2.05, 4.69) is 56.7 Å². The zero-order valence-corrected chi connectivity index (χ0v) is 25.5. The van der Waals surface area contributed by atoms with E-state index >= 15 is 0 Å². The molecule has 0 fully saturated rings. The van der Waals surface area contributed by atoms with Crippen molar-refractivity contribution in [1.29, 1.82) is 0 Å². The number of aromatic nitrogens is 8. The van der Waals surface area contributed by atoms with Gasteiger partial charge in [-0.25, -0.2) is 19.0 Å². The van der Waals surface area contributed by atoms with Gasteiger partial charge in [0.25, 0.3) is 11.8 Å². The molecule has 0 aromatic carbocycles. The van der Waals surface area contributed by atoms with Gasteiger partial charge in [-0.15, -0.1) is 0 Å². The Morgan fingerprint density at radius 3 is 1.64 bits per heavy atom. The van der Waals surface area contributed by atoms with Crippen LogP contribution in [0.25, 0.3) is 11.3 Å². The topological polar surface area (TPSA) is 144 Å². The Hall–Kier alpha value is -4.17. The lowest BCUT2D eigenvalue weighted by atomic mass is 10.3. The molecule has 6 heterocycles. The molecule has 42 heavy (non-hydrogen) atoms. The lowest BCUT2D eigenvalue weighted by Gasteiger charge is -2.06. The molecule has 0 saturated heterocycles. The van der Waals surface area contributed by atoms with Gasteiger partial charge < -0.3 is 10.6 Å². The van der Waals surface area contributed by atoms with Crippen LogP contribution >= 0.6 is 50.7 Å². The summed E-state index contributed by atoms with van der Waals surface area (Å²) in [5.41, 5.74) is 4.12. The number of anilines is 2. The van der Waals surface area contributed by atoms with Gasteiger partial charge in [0, 0.05) is 47.3 Å². The molecular formula is C26H18BrCl3N10O2. The molecule has 0 aliphatic carbocycles. The van der Waals surface area contributed by atoms with E-state index in [-0.39, 0.29) is 22.7 Å². The average Bonchev–Trinajstić information content (AvgIpc) is 3.61. The number of carbonyl (C=O) groups is 2. The lowest BCUT2D eigenvalue weighted by molar-refractivity contribution is 0.101. The van der Waals surface area contributed by atoms with E-state index in [4.69, 9.17) is 34.8 Å². The highest BCUT2D eigenvalue weighted by molar-refractivity contribution is 9.10. The van der Waals surface area contributed by atoms with Gasteiger partial charge in [0.05, 0.1) is 21.9 Å². The van der Waals surface area contributed by atoms with Gasteiger partial charge in [0.15, 0.2) is 33.0 Å². The highest BCUT2D eigenvalue weighted by Gasteiger charge is 2.19. The van der Waals surface area contributed by atoms with E-state index in [9.17, 15) is 9.59 Å². The maximum absolute atomic E-state index is 12.3. The highest BCUT2D eigenvalue weighted by atomic mass is 79.9. The number of carbonyl (C=O) groups excluding carboxylic acids is 2. The molecule has 12 nitrogen and oxygen atoms in total. The number of fused-ring (bicyclic) bond motifs is 2. The molecule has 0 aliphatic heterocycles. The van der Waals surface area contributed by atoms with Crippen molar-refractivity contribution in [2.24, 2.45) is 0 Å². The number of imidazole rings is 2. The first-order valence-electron chi connectivity index (χ1n) is 12.0. The molecule has 212 valence electrons. The fourth-order valence-corrected chi connectivity index (χ4v) is 4.78. The van der Waals surface area contributed by atoms with E-state index < -0.39 is 0 Å². The average molecular weight is 689 g/mol. The minimum absolute atomic E-state index is 0.225. The first kappa shape index (κ1) is 29.3. The van der Waals surface area contributed by atoms with Gasteiger partial charge >= 0.3 is 0 Å². The summed E-state index contributed by atoms with van der Waals surface area (Å²) in [5, 5.41) is 14.7. The number of nitrogens with zero attached hydrogens (tertiary/aromatic N) is 8. The van der Waals surface area contributed by atoms with E-state index in [1.54, 1.807) is 56.0 Å². The molecule has 0 bridgehead atoms. The van der Waals surface area contributed by atoms with Gasteiger partial charge in [0.2, 0.25) is 0 Å². The first-order chi connectivity index (χ1) is 20.2. The van der Waals surface area contributed by atoms with Gasteiger partial charge in [-0.05, 0) is 54.0 Å². The molecule has 0 radical (unpaired) electrons.